The molecule has 1 aromatic rings. The highest BCUT2D eigenvalue weighted by molar-refractivity contribution is 7.08. The number of thiophene rings is 1. The van der Waals surface area contributed by atoms with Gasteiger partial charge in [-0.05, 0) is 24.3 Å². The van der Waals surface area contributed by atoms with Crippen LogP contribution in [0.15, 0.2) is 16.8 Å². The zero-order valence-electron chi connectivity index (χ0n) is 11.3. The van der Waals surface area contributed by atoms with E-state index in [1.54, 1.807) is 11.4 Å². The second kappa shape index (κ2) is 7.40. The molecule has 1 aliphatic carbocycles. The van der Waals surface area contributed by atoms with E-state index < -0.39 is 6.10 Å². The molecule has 2 rings (SSSR count). The van der Waals surface area contributed by atoms with Gasteiger partial charge in [-0.2, -0.15) is 11.3 Å². The van der Waals surface area contributed by atoms with Gasteiger partial charge in [0.15, 0.2) is 0 Å². The summed E-state index contributed by atoms with van der Waals surface area (Å²) in [6.45, 7) is 0.309. The molecule has 2 amide bonds. The third-order valence-corrected chi connectivity index (χ3v) is 4.18. The summed E-state index contributed by atoms with van der Waals surface area (Å²) in [6, 6.07) is 1.61. The van der Waals surface area contributed by atoms with E-state index >= 15 is 0 Å². The minimum Gasteiger partial charge on any atom is -0.391 e. The number of hydrogen-bond donors (Lipinski definition) is 3. The lowest BCUT2D eigenvalue weighted by atomic mass is 9.92. The largest absolute Gasteiger partial charge is 0.391 e. The molecule has 6 heteroatoms. The molecule has 5 nitrogen and oxygen atoms in total. The number of nitrogens with one attached hydrogen (secondary N) is 2. The lowest BCUT2D eigenvalue weighted by Gasteiger charge is -2.28. The van der Waals surface area contributed by atoms with Gasteiger partial charge in [0.1, 0.15) is 0 Å². The topological polar surface area (TPSA) is 78.4 Å². The van der Waals surface area contributed by atoms with Crippen molar-refractivity contribution in [3.05, 3.63) is 22.4 Å². The molecule has 0 aliphatic heterocycles. The van der Waals surface area contributed by atoms with Gasteiger partial charge in [-0.1, -0.05) is 12.8 Å². The summed E-state index contributed by atoms with van der Waals surface area (Å²) in [7, 11) is 0. The maximum atomic E-state index is 11.8. The Labute approximate surface area is 122 Å². The fourth-order valence-electron chi connectivity index (χ4n) is 2.34. The van der Waals surface area contributed by atoms with Crippen LogP contribution >= 0.6 is 11.3 Å². The molecule has 2 atom stereocenters. The summed E-state index contributed by atoms with van der Waals surface area (Å²) in [5, 5.41) is 18.9. The van der Waals surface area contributed by atoms with Crippen molar-refractivity contribution in [3.8, 4) is 0 Å². The molecular formula is C14H20N2O3S. The maximum Gasteiger partial charge on any atom is 0.252 e. The van der Waals surface area contributed by atoms with Crippen LogP contribution in [0.3, 0.4) is 0 Å². The predicted octanol–water partition coefficient (Wildman–Crippen LogP) is 1.29. The fraction of sp³-hybridized carbons (Fsp3) is 0.571. The Morgan fingerprint density at radius 2 is 2.15 bits per heavy atom. The highest BCUT2D eigenvalue weighted by atomic mass is 32.1. The average Bonchev–Trinajstić information content (AvgIpc) is 2.95. The molecule has 3 N–H and O–H groups in total. The molecule has 0 aromatic carbocycles. The molecule has 1 saturated carbocycles. The van der Waals surface area contributed by atoms with Gasteiger partial charge < -0.3 is 15.7 Å². The number of carbonyl (C=O) groups excluding carboxylic acids is 2. The van der Waals surface area contributed by atoms with Gasteiger partial charge in [0.25, 0.3) is 5.91 Å². The molecule has 1 aromatic heterocycles. The van der Waals surface area contributed by atoms with Crippen LogP contribution < -0.4 is 10.6 Å². The van der Waals surface area contributed by atoms with E-state index in [0.717, 1.165) is 25.7 Å². The Balaban J connectivity index is 1.66. The summed E-state index contributed by atoms with van der Waals surface area (Å²) in [5.41, 5.74) is 0.623. The van der Waals surface area contributed by atoms with E-state index in [4.69, 9.17) is 0 Å². The maximum absolute atomic E-state index is 11.8. The lowest BCUT2D eigenvalue weighted by molar-refractivity contribution is -0.122. The number of aliphatic hydroxyl groups is 1. The fourth-order valence-corrected chi connectivity index (χ4v) is 2.98. The second-order valence-corrected chi connectivity index (χ2v) is 5.82. The zero-order valence-corrected chi connectivity index (χ0v) is 12.1. The van der Waals surface area contributed by atoms with Gasteiger partial charge >= 0.3 is 0 Å². The molecule has 0 spiro atoms. The SMILES string of the molecule is O=C(CCNC(=O)c1ccsc1)N[C@H]1CCCC[C@@H]1O. The van der Waals surface area contributed by atoms with Crippen LogP contribution in [0.1, 0.15) is 42.5 Å². The highest BCUT2D eigenvalue weighted by Gasteiger charge is 2.24. The van der Waals surface area contributed by atoms with Crippen molar-refractivity contribution in [3.63, 3.8) is 0 Å². The Kier molecular flexibility index (Phi) is 5.55. The molecular weight excluding hydrogens is 276 g/mol. The van der Waals surface area contributed by atoms with Gasteiger partial charge in [0, 0.05) is 23.9 Å². The Morgan fingerprint density at radius 1 is 1.35 bits per heavy atom. The Hall–Kier alpha value is -1.40. The molecule has 20 heavy (non-hydrogen) atoms. The number of aliphatic hydroxyl groups excluding tert-OH is 1. The highest BCUT2D eigenvalue weighted by Crippen LogP contribution is 2.18. The van der Waals surface area contributed by atoms with E-state index in [1.807, 2.05) is 5.38 Å². The summed E-state index contributed by atoms with van der Waals surface area (Å²) >= 11 is 1.46. The van der Waals surface area contributed by atoms with Gasteiger partial charge in [-0.3, -0.25) is 9.59 Å². The Morgan fingerprint density at radius 3 is 2.85 bits per heavy atom. The normalized spacial score (nSPS) is 22.2. The van der Waals surface area contributed by atoms with E-state index in [1.165, 1.54) is 11.3 Å². The van der Waals surface area contributed by atoms with Crippen molar-refractivity contribution < 1.29 is 14.7 Å². The molecule has 110 valence electrons. The molecule has 0 saturated heterocycles. The van der Waals surface area contributed by atoms with Crippen LogP contribution in [-0.2, 0) is 4.79 Å². The third kappa shape index (κ3) is 4.31. The quantitative estimate of drug-likeness (QED) is 0.766. The third-order valence-electron chi connectivity index (χ3n) is 3.50. The average molecular weight is 296 g/mol. The monoisotopic (exact) mass is 296 g/mol. The van der Waals surface area contributed by atoms with Crippen molar-refractivity contribution in [2.24, 2.45) is 0 Å². The van der Waals surface area contributed by atoms with Crippen LogP contribution in [0, 0.1) is 0 Å². The van der Waals surface area contributed by atoms with Crippen molar-refractivity contribution >= 4 is 23.2 Å². The van der Waals surface area contributed by atoms with Crippen LogP contribution in [0.25, 0.3) is 0 Å². The van der Waals surface area contributed by atoms with Crippen molar-refractivity contribution in [1.29, 1.82) is 0 Å². The van der Waals surface area contributed by atoms with E-state index in [2.05, 4.69) is 10.6 Å². The minimum atomic E-state index is -0.437. The molecule has 1 fully saturated rings. The zero-order chi connectivity index (χ0) is 14.4. The van der Waals surface area contributed by atoms with Gasteiger partial charge in [0.05, 0.1) is 12.1 Å². The number of hydrogen-bond acceptors (Lipinski definition) is 4. The van der Waals surface area contributed by atoms with Gasteiger partial charge in [-0.25, -0.2) is 0 Å². The number of amides is 2. The van der Waals surface area contributed by atoms with E-state index in [-0.39, 0.29) is 24.3 Å². The lowest BCUT2D eigenvalue weighted by Crippen LogP contribution is -2.45. The summed E-state index contributed by atoms with van der Waals surface area (Å²) in [6.07, 6.45) is 3.43. The number of rotatable bonds is 5. The Bertz CT molecular complexity index is 447. The van der Waals surface area contributed by atoms with Crippen molar-refractivity contribution in [2.75, 3.05) is 6.54 Å². The summed E-state index contributed by atoms with van der Waals surface area (Å²) in [5.74, 6) is -0.279. The molecule has 0 radical (unpaired) electrons. The molecule has 0 bridgehead atoms. The first kappa shape index (κ1) is 15.0. The van der Waals surface area contributed by atoms with E-state index in [0.29, 0.717) is 12.1 Å². The summed E-state index contributed by atoms with van der Waals surface area (Å²) in [4.78, 5) is 23.4. The van der Waals surface area contributed by atoms with Gasteiger partial charge in [-0.15, -0.1) is 0 Å². The van der Waals surface area contributed by atoms with Crippen LogP contribution in [-0.4, -0.2) is 35.6 Å². The number of carbonyl (C=O) groups is 2. The molecule has 1 aliphatic rings. The summed E-state index contributed by atoms with van der Waals surface area (Å²) < 4.78 is 0. The first-order valence-corrected chi connectivity index (χ1v) is 7.89. The predicted molar refractivity (Wildman–Crippen MR) is 77.7 cm³/mol. The van der Waals surface area contributed by atoms with Crippen molar-refractivity contribution in [1.82, 2.24) is 10.6 Å². The standard InChI is InChI=1S/C14H20N2O3S/c17-12-4-2-1-3-11(12)16-13(18)5-7-15-14(19)10-6-8-20-9-10/h6,8-9,11-12,17H,1-5,7H2,(H,15,19)(H,16,18)/t11-,12-/m0/s1. The first-order chi connectivity index (χ1) is 9.66. The van der Waals surface area contributed by atoms with Gasteiger partial charge in [0.2, 0.25) is 5.91 Å². The van der Waals surface area contributed by atoms with Crippen LogP contribution in [0.5, 0.6) is 0 Å². The molecule has 1 heterocycles. The molecule has 0 unspecified atom stereocenters. The smallest absolute Gasteiger partial charge is 0.252 e. The van der Waals surface area contributed by atoms with E-state index in [9.17, 15) is 14.7 Å². The van der Waals surface area contributed by atoms with Crippen LogP contribution in [0.4, 0.5) is 0 Å². The minimum absolute atomic E-state index is 0.124. The second-order valence-electron chi connectivity index (χ2n) is 5.04. The first-order valence-electron chi connectivity index (χ1n) is 6.94. The van der Waals surface area contributed by atoms with Crippen LogP contribution in [0.2, 0.25) is 0 Å². The van der Waals surface area contributed by atoms with Crippen molar-refractivity contribution in [2.45, 2.75) is 44.2 Å².